The van der Waals surface area contributed by atoms with Gasteiger partial charge in [-0.25, -0.2) is 4.39 Å². The van der Waals surface area contributed by atoms with Crippen molar-refractivity contribution in [1.29, 1.82) is 0 Å². The molecule has 5 nitrogen and oxygen atoms in total. The summed E-state index contributed by atoms with van der Waals surface area (Å²) in [6.45, 7) is 3.77. The molecule has 1 amide bonds. The van der Waals surface area contributed by atoms with Crippen LogP contribution in [0.5, 0.6) is 0 Å². The van der Waals surface area contributed by atoms with Crippen molar-refractivity contribution < 1.29 is 23.6 Å². The third kappa shape index (κ3) is 5.28. The van der Waals surface area contributed by atoms with E-state index in [1.54, 1.807) is 13.0 Å². The van der Waals surface area contributed by atoms with Gasteiger partial charge in [-0.15, -0.1) is 0 Å². The van der Waals surface area contributed by atoms with Gasteiger partial charge in [0.1, 0.15) is 11.7 Å². The Morgan fingerprint density at radius 3 is 2.96 bits per heavy atom. The standard InChI is InChI=1S/C16H20BrFN2O3/c1-2-23-16(22)11-4-3-7-20(9-11)10-15(21)19-14-6-5-12(17)8-13(14)18/h5-6,8,11H,2-4,7,9-10H2,1H3,(H,19,21)/p+1/t11-/m1/s1. The van der Waals surface area contributed by atoms with E-state index in [1.807, 2.05) is 0 Å². The number of amides is 1. The molecule has 126 valence electrons. The molecule has 1 fully saturated rings. The van der Waals surface area contributed by atoms with Gasteiger partial charge in [-0.3, -0.25) is 9.59 Å². The first-order valence-corrected chi connectivity index (χ1v) is 8.54. The average molecular weight is 388 g/mol. The SMILES string of the molecule is CCOC(=O)[C@@H]1CCC[NH+](CC(=O)Nc2ccc(Br)cc2F)C1. The predicted molar refractivity (Wildman–Crippen MR) is 87.7 cm³/mol. The molecule has 0 radical (unpaired) electrons. The van der Waals surface area contributed by atoms with E-state index < -0.39 is 5.82 Å². The van der Waals surface area contributed by atoms with Crippen LogP contribution in [-0.4, -0.2) is 38.1 Å². The summed E-state index contributed by atoms with van der Waals surface area (Å²) in [7, 11) is 0. The largest absolute Gasteiger partial charge is 0.466 e. The number of likely N-dealkylation sites (tertiary alicyclic amines) is 1. The van der Waals surface area contributed by atoms with Crippen LogP contribution in [0.4, 0.5) is 10.1 Å². The first kappa shape index (κ1) is 17.9. The van der Waals surface area contributed by atoms with Gasteiger partial charge in [-0.1, -0.05) is 15.9 Å². The van der Waals surface area contributed by atoms with E-state index in [4.69, 9.17) is 4.74 Å². The number of nitrogens with one attached hydrogen (secondary N) is 2. The van der Waals surface area contributed by atoms with Crippen LogP contribution in [0.3, 0.4) is 0 Å². The fourth-order valence-electron chi connectivity index (χ4n) is 2.79. The zero-order valence-corrected chi connectivity index (χ0v) is 14.6. The van der Waals surface area contributed by atoms with Crippen molar-refractivity contribution in [3.05, 3.63) is 28.5 Å². The van der Waals surface area contributed by atoms with Crippen molar-refractivity contribution in [2.75, 3.05) is 31.6 Å². The van der Waals surface area contributed by atoms with Crippen LogP contribution >= 0.6 is 15.9 Å². The number of esters is 1. The van der Waals surface area contributed by atoms with Crippen molar-refractivity contribution in [1.82, 2.24) is 0 Å². The molecule has 0 aliphatic carbocycles. The lowest BCUT2D eigenvalue weighted by atomic mass is 9.98. The molecule has 2 N–H and O–H groups in total. The molecule has 7 heteroatoms. The maximum absolute atomic E-state index is 13.7. The molecule has 2 atom stereocenters. The highest BCUT2D eigenvalue weighted by Gasteiger charge is 2.30. The van der Waals surface area contributed by atoms with Crippen molar-refractivity contribution >= 4 is 33.5 Å². The molecule has 1 aromatic carbocycles. The first-order chi connectivity index (χ1) is 11.0. The number of ether oxygens (including phenoxy) is 1. The average Bonchev–Trinajstić information content (AvgIpc) is 2.50. The predicted octanol–water partition coefficient (Wildman–Crippen LogP) is 1.38. The molecule has 0 saturated carbocycles. The molecule has 1 saturated heterocycles. The highest BCUT2D eigenvalue weighted by atomic mass is 79.9. The Kier molecular flexibility index (Phi) is 6.53. The fraction of sp³-hybridized carbons (Fsp3) is 0.500. The van der Waals surface area contributed by atoms with E-state index in [2.05, 4.69) is 21.2 Å². The molecule has 0 bridgehead atoms. The van der Waals surface area contributed by atoms with Gasteiger partial charge >= 0.3 is 5.97 Å². The topological polar surface area (TPSA) is 59.8 Å². The minimum Gasteiger partial charge on any atom is -0.466 e. The van der Waals surface area contributed by atoms with Crippen LogP contribution < -0.4 is 10.2 Å². The summed E-state index contributed by atoms with van der Waals surface area (Å²) in [4.78, 5) is 24.9. The van der Waals surface area contributed by atoms with Gasteiger partial charge in [0.05, 0.1) is 25.4 Å². The number of hydrogen-bond donors (Lipinski definition) is 2. The number of benzene rings is 1. The normalized spacial score (nSPS) is 20.8. The van der Waals surface area contributed by atoms with Gasteiger partial charge in [-0.2, -0.15) is 0 Å². The van der Waals surface area contributed by atoms with Crippen molar-refractivity contribution in [3.63, 3.8) is 0 Å². The lowest BCUT2D eigenvalue weighted by Gasteiger charge is -2.28. The number of rotatable bonds is 5. The minimum atomic E-state index is -0.481. The molecule has 1 aromatic rings. The van der Waals surface area contributed by atoms with Crippen LogP contribution in [0, 0.1) is 11.7 Å². The summed E-state index contributed by atoms with van der Waals surface area (Å²) >= 11 is 3.17. The number of quaternary nitrogens is 1. The van der Waals surface area contributed by atoms with Crippen LogP contribution in [0.1, 0.15) is 19.8 Å². The van der Waals surface area contributed by atoms with Crippen LogP contribution in [0.15, 0.2) is 22.7 Å². The molecule has 1 unspecified atom stereocenters. The number of carbonyl (C=O) groups is 2. The van der Waals surface area contributed by atoms with Gasteiger partial charge in [-0.05, 0) is 38.0 Å². The van der Waals surface area contributed by atoms with E-state index in [0.717, 1.165) is 24.3 Å². The molecular weight excluding hydrogens is 367 g/mol. The zero-order valence-electron chi connectivity index (χ0n) is 13.0. The quantitative estimate of drug-likeness (QED) is 0.750. The first-order valence-electron chi connectivity index (χ1n) is 7.74. The number of hydrogen-bond acceptors (Lipinski definition) is 3. The van der Waals surface area contributed by atoms with Crippen molar-refractivity contribution in [2.24, 2.45) is 5.92 Å². The number of halogens is 2. The highest BCUT2D eigenvalue weighted by molar-refractivity contribution is 9.10. The maximum atomic E-state index is 13.7. The van der Waals surface area contributed by atoms with E-state index in [0.29, 0.717) is 17.6 Å². The fourth-order valence-corrected chi connectivity index (χ4v) is 3.12. The second kappa shape index (κ2) is 8.40. The molecule has 0 spiro atoms. The number of piperidine rings is 1. The van der Waals surface area contributed by atoms with Crippen molar-refractivity contribution in [3.8, 4) is 0 Å². The van der Waals surface area contributed by atoms with Crippen molar-refractivity contribution in [2.45, 2.75) is 19.8 Å². The lowest BCUT2D eigenvalue weighted by molar-refractivity contribution is -0.899. The van der Waals surface area contributed by atoms with Gasteiger partial charge < -0.3 is 15.0 Å². The van der Waals surface area contributed by atoms with E-state index in [-0.39, 0.29) is 30.0 Å². The number of anilines is 1. The van der Waals surface area contributed by atoms with Crippen LogP contribution in [0.25, 0.3) is 0 Å². The van der Waals surface area contributed by atoms with E-state index in [9.17, 15) is 14.0 Å². The molecule has 2 rings (SSSR count). The van der Waals surface area contributed by atoms with Gasteiger partial charge in [0.15, 0.2) is 6.54 Å². The second-order valence-corrected chi connectivity index (χ2v) is 6.56. The third-order valence-electron chi connectivity index (χ3n) is 3.85. The maximum Gasteiger partial charge on any atom is 0.314 e. The van der Waals surface area contributed by atoms with E-state index >= 15 is 0 Å². The third-order valence-corrected chi connectivity index (χ3v) is 4.35. The molecule has 1 heterocycles. The van der Waals surface area contributed by atoms with Gasteiger partial charge in [0, 0.05) is 4.47 Å². The summed E-state index contributed by atoms with van der Waals surface area (Å²) in [6, 6.07) is 4.49. The Hall–Kier alpha value is -1.47. The summed E-state index contributed by atoms with van der Waals surface area (Å²) in [6.07, 6.45) is 1.67. The monoisotopic (exact) mass is 387 g/mol. The van der Waals surface area contributed by atoms with Gasteiger partial charge in [0.2, 0.25) is 0 Å². The van der Waals surface area contributed by atoms with Crippen LogP contribution in [0.2, 0.25) is 0 Å². The Morgan fingerprint density at radius 1 is 1.48 bits per heavy atom. The lowest BCUT2D eigenvalue weighted by Crippen LogP contribution is -3.14. The molecule has 1 aliphatic rings. The van der Waals surface area contributed by atoms with Gasteiger partial charge in [0.25, 0.3) is 5.91 Å². The molecule has 1 aliphatic heterocycles. The number of carbonyl (C=O) groups excluding carboxylic acids is 2. The van der Waals surface area contributed by atoms with Crippen LogP contribution in [-0.2, 0) is 14.3 Å². The Morgan fingerprint density at radius 2 is 2.26 bits per heavy atom. The molecular formula is C16H21BrFN2O3+. The highest BCUT2D eigenvalue weighted by Crippen LogP contribution is 2.19. The summed E-state index contributed by atoms with van der Waals surface area (Å²) in [5.74, 6) is -1.09. The molecule has 0 aromatic heterocycles. The minimum absolute atomic E-state index is 0.157. The smallest absolute Gasteiger partial charge is 0.314 e. The Labute approximate surface area is 143 Å². The Balaban J connectivity index is 1.88. The summed E-state index contributed by atoms with van der Waals surface area (Å²) in [5, 5.41) is 2.58. The molecule has 23 heavy (non-hydrogen) atoms. The van der Waals surface area contributed by atoms with E-state index in [1.165, 1.54) is 12.1 Å². The Bertz CT molecular complexity index is 582. The summed E-state index contributed by atoms with van der Waals surface area (Å²) < 4.78 is 19.4. The second-order valence-electron chi connectivity index (χ2n) is 5.64. The zero-order chi connectivity index (χ0) is 16.8. The summed E-state index contributed by atoms with van der Waals surface area (Å²) in [5.41, 5.74) is 0.163.